The van der Waals surface area contributed by atoms with Crippen molar-refractivity contribution in [2.75, 3.05) is 19.6 Å². The molecule has 2 rings (SSSR count). The van der Waals surface area contributed by atoms with Crippen LogP contribution in [0, 0.1) is 18.7 Å². The van der Waals surface area contributed by atoms with Crippen LogP contribution in [0.4, 0.5) is 4.39 Å². The summed E-state index contributed by atoms with van der Waals surface area (Å²) < 4.78 is 39.6. The van der Waals surface area contributed by atoms with E-state index in [1.807, 2.05) is 0 Å². The number of hydrogen-bond donors (Lipinski definition) is 1. The lowest BCUT2D eigenvalue weighted by atomic mass is 10.0. The fourth-order valence-electron chi connectivity index (χ4n) is 2.48. The van der Waals surface area contributed by atoms with Crippen LogP contribution in [-0.2, 0) is 10.0 Å². The summed E-state index contributed by atoms with van der Waals surface area (Å²) in [7, 11) is -3.54. The first kappa shape index (κ1) is 17.4. The largest absolute Gasteiger partial charge is 0.330 e. The van der Waals surface area contributed by atoms with Crippen molar-refractivity contribution in [1.29, 1.82) is 0 Å². The van der Waals surface area contributed by atoms with Crippen LogP contribution in [0.3, 0.4) is 0 Å². The maximum atomic E-state index is 13.1. The Labute approximate surface area is 125 Å². The summed E-state index contributed by atoms with van der Waals surface area (Å²) in [5.41, 5.74) is 6.07. The van der Waals surface area contributed by atoms with Gasteiger partial charge in [-0.15, -0.1) is 12.4 Å². The van der Waals surface area contributed by atoms with E-state index in [9.17, 15) is 12.8 Å². The van der Waals surface area contributed by atoms with E-state index in [4.69, 9.17) is 5.73 Å². The molecule has 1 heterocycles. The van der Waals surface area contributed by atoms with Crippen molar-refractivity contribution < 1.29 is 12.8 Å². The van der Waals surface area contributed by atoms with Gasteiger partial charge in [0.2, 0.25) is 10.0 Å². The van der Waals surface area contributed by atoms with Crippen molar-refractivity contribution in [2.24, 2.45) is 11.7 Å². The van der Waals surface area contributed by atoms with Crippen molar-refractivity contribution >= 4 is 22.4 Å². The molecular weight excluding hydrogens is 303 g/mol. The van der Waals surface area contributed by atoms with Crippen molar-refractivity contribution in [3.63, 3.8) is 0 Å². The number of halogens is 2. The summed E-state index contributed by atoms with van der Waals surface area (Å²) in [6.07, 6.45) is 1.78. The van der Waals surface area contributed by atoms with Crippen LogP contribution in [-0.4, -0.2) is 32.4 Å². The molecule has 1 aromatic carbocycles. The second-order valence-corrected chi connectivity index (χ2v) is 6.92. The molecule has 1 fully saturated rings. The number of nitrogens with two attached hydrogens (primary N) is 1. The molecular formula is C13H20ClFN2O2S. The number of benzene rings is 1. The van der Waals surface area contributed by atoms with Gasteiger partial charge in [-0.2, -0.15) is 4.31 Å². The van der Waals surface area contributed by atoms with Gasteiger partial charge in [0.25, 0.3) is 0 Å². The first-order valence-electron chi connectivity index (χ1n) is 6.41. The molecule has 1 unspecified atom stereocenters. The van der Waals surface area contributed by atoms with Gasteiger partial charge in [0.15, 0.2) is 0 Å². The van der Waals surface area contributed by atoms with E-state index in [1.54, 1.807) is 6.92 Å². The maximum Gasteiger partial charge on any atom is 0.243 e. The van der Waals surface area contributed by atoms with Gasteiger partial charge in [-0.3, -0.25) is 0 Å². The van der Waals surface area contributed by atoms with Crippen LogP contribution in [0.15, 0.2) is 23.1 Å². The van der Waals surface area contributed by atoms with Crippen molar-refractivity contribution in [3.05, 3.63) is 29.6 Å². The molecule has 1 atom stereocenters. The Bertz CT molecular complexity index is 565. The summed E-state index contributed by atoms with van der Waals surface area (Å²) in [5, 5.41) is 0. The van der Waals surface area contributed by atoms with Crippen molar-refractivity contribution in [1.82, 2.24) is 4.31 Å². The molecule has 0 saturated carbocycles. The minimum absolute atomic E-state index is 0. The van der Waals surface area contributed by atoms with E-state index in [1.165, 1.54) is 22.5 Å². The van der Waals surface area contributed by atoms with Gasteiger partial charge in [-0.05, 0) is 56.0 Å². The molecule has 7 heteroatoms. The third-order valence-electron chi connectivity index (χ3n) is 3.57. The van der Waals surface area contributed by atoms with Crippen LogP contribution in [0.2, 0.25) is 0 Å². The molecule has 2 N–H and O–H groups in total. The Morgan fingerprint density at radius 1 is 1.45 bits per heavy atom. The zero-order valence-electron chi connectivity index (χ0n) is 11.4. The van der Waals surface area contributed by atoms with Crippen molar-refractivity contribution in [2.45, 2.75) is 24.7 Å². The zero-order chi connectivity index (χ0) is 14.0. The van der Waals surface area contributed by atoms with E-state index in [2.05, 4.69) is 0 Å². The summed E-state index contributed by atoms with van der Waals surface area (Å²) in [4.78, 5) is 0.187. The molecule has 0 bridgehead atoms. The Hall–Kier alpha value is -0.690. The molecule has 0 aromatic heterocycles. The second kappa shape index (κ2) is 6.85. The molecule has 0 amide bonds. The summed E-state index contributed by atoms with van der Waals surface area (Å²) in [6, 6.07) is 3.77. The number of hydrogen-bond acceptors (Lipinski definition) is 3. The van der Waals surface area contributed by atoms with Crippen molar-refractivity contribution in [3.8, 4) is 0 Å². The van der Waals surface area contributed by atoms with E-state index in [0.717, 1.165) is 12.8 Å². The third kappa shape index (κ3) is 3.49. The average molecular weight is 323 g/mol. The number of sulfonamides is 1. The normalized spacial score (nSPS) is 20.4. The predicted octanol–water partition coefficient (Wildman–Crippen LogP) is 1.92. The highest BCUT2D eigenvalue weighted by Crippen LogP contribution is 2.25. The summed E-state index contributed by atoms with van der Waals surface area (Å²) in [5.74, 6) is -0.209. The van der Waals surface area contributed by atoms with Gasteiger partial charge in [-0.1, -0.05) is 0 Å². The minimum Gasteiger partial charge on any atom is -0.330 e. The van der Waals surface area contributed by atoms with Crippen LogP contribution >= 0.6 is 12.4 Å². The smallest absolute Gasteiger partial charge is 0.243 e. The Balaban J connectivity index is 0.00000200. The minimum atomic E-state index is -3.54. The highest BCUT2D eigenvalue weighted by Gasteiger charge is 2.30. The van der Waals surface area contributed by atoms with Gasteiger partial charge < -0.3 is 5.73 Å². The Morgan fingerprint density at radius 2 is 2.15 bits per heavy atom. The monoisotopic (exact) mass is 322 g/mol. The fraction of sp³-hybridized carbons (Fsp3) is 0.538. The second-order valence-electron chi connectivity index (χ2n) is 5.02. The molecule has 1 saturated heterocycles. The molecule has 0 spiro atoms. The van der Waals surface area contributed by atoms with Gasteiger partial charge >= 0.3 is 0 Å². The Kier molecular flexibility index (Phi) is 5.94. The Morgan fingerprint density at radius 3 is 2.75 bits per heavy atom. The number of nitrogens with zero attached hydrogens (tertiary/aromatic N) is 1. The van der Waals surface area contributed by atoms with Gasteiger partial charge in [0.05, 0.1) is 4.90 Å². The average Bonchev–Trinajstić information content (AvgIpc) is 2.38. The molecule has 1 aromatic rings. The van der Waals surface area contributed by atoms with Gasteiger partial charge in [0, 0.05) is 13.1 Å². The molecule has 1 aliphatic rings. The first-order chi connectivity index (χ1) is 8.95. The van der Waals surface area contributed by atoms with Gasteiger partial charge in [0.1, 0.15) is 5.82 Å². The summed E-state index contributed by atoms with van der Waals surface area (Å²) in [6.45, 7) is 3.07. The van der Waals surface area contributed by atoms with Crippen LogP contribution < -0.4 is 5.73 Å². The maximum absolute atomic E-state index is 13.1. The molecule has 1 aliphatic heterocycles. The summed E-state index contributed by atoms with van der Waals surface area (Å²) >= 11 is 0. The lowest BCUT2D eigenvalue weighted by Crippen LogP contribution is -2.42. The SMILES string of the molecule is Cc1cc(F)ccc1S(=O)(=O)N1CCCC(CN)C1.Cl. The first-order valence-corrected chi connectivity index (χ1v) is 7.85. The topological polar surface area (TPSA) is 63.4 Å². The van der Waals surface area contributed by atoms with E-state index in [-0.39, 0.29) is 23.2 Å². The van der Waals surface area contributed by atoms with E-state index < -0.39 is 15.8 Å². The zero-order valence-corrected chi connectivity index (χ0v) is 13.0. The highest BCUT2D eigenvalue weighted by molar-refractivity contribution is 7.89. The molecule has 0 aliphatic carbocycles. The van der Waals surface area contributed by atoms with Crippen LogP contribution in [0.5, 0.6) is 0 Å². The number of rotatable bonds is 3. The number of aryl methyl sites for hydroxylation is 1. The lowest BCUT2D eigenvalue weighted by molar-refractivity contribution is 0.271. The molecule has 4 nitrogen and oxygen atoms in total. The third-order valence-corrected chi connectivity index (χ3v) is 5.60. The van der Waals surface area contributed by atoms with E-state index >= 15 is 0 Å². The quantitative estimate of drug-likeness (QED) is 0.924. The van der Waals surface area contributed by atoms with Crippen LogP contribution in [0.25, 0.3) is 0 Å². The standard InChI is InChI=1S/C13H19FN2O2S.ClH/c1-10-7-12(14)4-5-13(10)19(17,18)16-6-2-3-11(8-15)9-16;/h4-5,7,11H,2-3,6,8-9,15H2,1H3;1H. The van der Waals surface area contributed by atoms with E-state index in [0.29, 0.717) is 25.2 Å². The fourth-order valence-corrected chi connectivity index (χ4v) is 4.24. The lowest BCUT2D eigenvalue weighted by Gasteiger charge is -2.31. The van der Waals surface area contributed by atoms with Gasteiger partial charge in [-0.25, -0.2) is 12.8 Å². The highest BCUT2D eigenvalue weighted by atomic mass is 35.5. The molecule has 0 radical (unpaired) electrons. The predicted molar refractivity (Wildman–Crippen MR) is 78.9 cm³/mol. The van der Waals surface area contributed by atoms with Crippen LogP contribution in [0.1, 0.15) is 18.4 Å². The number of piperidine rings is 1. The molecule has 20 heavy (non-hydrogen) atoms. The molecule has 114 valence electrons.